The molecule has 0 saturated carbocycles. The summed E-state index contributed by atoms with van der Waals surface area (Å²) in [6.45, 7) is 4.71. The van der Waals surface area contributed by atoms with E-state index in [1.807, 2.05) is 36.6 Å². The van der Waals surface area contributed by atoms with Crippen molar-refractivity contribution in [2.75, 3.05) is 11.9 Å². The predicted molar refractivity (Wildman–Crippen MR) is 111 cm³/mol. The lowest BCUT2D eigenvalue weighted by Gasteiger charge is -2.11. The number of hydrogen-bond acceptors (Lipinski definition) is 6. The predicted octanol–water partition coefficient (Wildman–Crippen LogP) is 2.46. The molecule has 0 saturated heterocycles. The Balaban J connectivity index is 1.42. The molecule has 1 aliphatic rings. The number of nitrogens with one attached hydrogen (secondary N) is 2. The summed E-state index contributed by atoms with van der Waals surface area (Å²) in [5.74, 6) is 0.337. The van der Waals surface area contributed by atoms with Crippen LogP contribution in [-0.4, -0.2) is 37.7 Å². The van der Waals surface area contributed by atoms with Crippen LogP contribution in [0.4, 0.5) is 5.82 Å². The van der Waals surface area contributed by atoms with Crippen molar-refractivity contribution in [3.05, 3.63) is 72.3 Å². The maximum Gasteiger partial charge on any atom is 0.245 e. The van der Waals surface area contributed by atoms with Gasteiger partial charge in [0.05, 0.1) is 24.3 Å². The fourth-order valence-electron chi connectivity index (χ4n) is 3.11. The van der Waals surface area contributed by atoms with Crippen molar-refractivity contribution in [3.8, 4) is 11.3 Å². The minimum Gasteiger partial charge on any atom is -0.384 e. The normalized spacial score (nSPS) is 13.0. The second-order valence-corrected chi connectivity index (χ2v) is 6.75. The number of aryl methyl sites for hydroxylation is 1. The number of rotatable bonds is 5. The lowest BCUT2D eigenvalue weighted by atomic mass is 10.1. The summed E-state index contributed by atoms with van der Waals surface area (Å²) in [7, 11) is 0. The van der Waals surface area contributed by atoms with Gasteiger partial charge in [-0.15, -0.1) is 0 Å². The van der Waals surface area contributed by atoms with E-state index in [9.17, 15) is 4.79 Å². The summed E-state index contributed by atoms with van der Waals surface area (Å²) >= 11 is 0. The molecule has 1 aliphatic heterocycles. The molecule has 0 aliphatic carbocycles. The number of carbonyl (C=O) groups is 1. The van der Waals surface area contributed by atoms with Gasteiger partial charge >= 0.3 is 0 Å². The molecule has 3 aromatic rings. The van der Waals surface area contributed by atoms with E-state index in [1.165, 1.54) is 0 Å². The highest BCUT2D eigenvalue weighted by Gasteiger charge is 2.13. The molecule has 0 radical (unpaired) electrons. The van der Waals surface area contributed by atoms with Crippen LogP contribution in [0.2, 0.25) is 0 Å². The molecule has 0 aromatic carbocycles. The summed E-state index contributed by atoms with van der Waals surface area (Å²) < 4.78 is 1.82. The number of amides is 1. The standard InChI is InChI=1S/C21H21N7O/c1-14-9-16(5-6-23-14)21-15(2)28(13-26-21)12-20(29)27-19-4-3-17(10-25-19)18-11-22-7-8-24-18/h3-10,13,22H,11-12H2,1-2H3,(H,25,27,29). The Bertz CT molecular complexity index is 1100. The van der Waals surface area contributed by atoms with Crippen LogP contribution in [0.25, 0.3) is 11.3 Å². The Morgan fingerprint density at radius 2 is 2.07 bits per heavy atom. The van der Waals surface area contributed by atoms with Gasteiger partial charge < -0.3 is 15.2 Å². The van der Waals surface area contributed by atoms with Crippen LogP contribution in [0.1, 0.15) is 17.0 Å². The minimum atomic E-state index is -0.164. The molecule has 146 valence electrons. The molecular formula is C21H21N7O. The largest absolute Gasteiger partial charge is 0.384 e. The highest BCUT2D eigenvalue weighted by molar-refractivity contribution is 6.03. The highest BCUT2D eigenvalue weighted by Crippen LogP contribution is 2.21. The Morgan fingerprint density at radius 3 is 2.79 bits per heavy atom. The van der Waals surface area contributed by atoms with Gasteiger partial charge in [-0.05, 0) is 38.1 Å². The summed E-state index contributed by atoms with van der Waals surface area (Å²) in [5, 5.41) is 5.94. The van der Waals surface area contributed by atoms with Gasteiger partial charge in [0.25, 0.3) is 0 Å². The van der Waals surface area contributed by atoms with Gasteiger partial charge in [0.15, 0.2) is 0 Å². The van der Waals surface area contributed by atoms with E-state index < -0.39 is 0 Å². The first kappa shape index (κ1) is 18.5. The Morgan fingerprint density at radius 1 is 1.17 bits per heavy atom. The smallest absolute Gasteiger partial charge is 0.245 e. The zero-order valence-electron chi connectivity index (χ0n) is 16.3. The van der Waals surface area contributed by atoms with Crippen LogP contribution < -0.4 is 10.6 Å². The molecule has 29 heavy (non-hydrogen) atoms. The molecule has 1 amide bonds. The third kappa shape index (κ3) is 4.21. The van der Waals surface area contributed by atoms with Crippen LogP contribution in [-0.2, 0) is 11.3 Å². The van der Waals surface area contributed by atoms with Crippen LogP contribution in [0.5, 0.6) is 0 Å². The van der Waals surface area contributed by atoms with Crippen LogP contribution in [0, 0.1) is 13.8 Å². The fraction of sp³-hybridized carbons (Fsp3) is 0.190. The number of nitrogens with zero attached hydrogens (tertiary/aromatic N) is 5. The molecule has 0 bridgehead atoms. The number of imidazole rings is 1. The number of aromatic nitrogens is 4. The number of aliphatic imine (C=N–C) groups is 1. The van der Waals surface area contributed by atoms with Crippen LogP contribution >= 0.6 is 0 Å². The second-order valence-electron chi connectivity index (χ2n) is 6.75. The molecule has 8 nitrogen and oxygen atoms in total. The van der Waals surface area contributed by atoms with E-state index in [-0.39, 0.29) is 12.5 Å². The molecule has 2 N–H and O–H groups in total. The Kier molecular flexibility index (Phi) is 5.15. The van der Waals surface area contributed by atoms with E-state index in [2.05, 4.69) is 30.6 Å². The molecule has 4 rings (SSSR count). The first-order valence-corrected chi connectivity index (χ1v) is 9.26. The van der Waals surface area contributed by atoms with Gasteiger partial charge in [-0.2, -0.15) is 0 Å². The summed E-state index contributed by atoms with van der Waals surface area (Å²) in [4.78, 5) is 29.8. The van der Waals surface area contributed by atoms with Crippen molar-refractivity contribution in [2.45, 2.75) is 20.4 Å². The molecule has 3 aromatic heterocycles. The molecule has 0 fully saturated rings. The van der Waals surface area contributed by atoms with E-state index >= 15 is 0 Å². The van der Waals surface area contributed by atoms with Crippen molar-refractivity contribution >= 4 is 17.4 Å². The monoisotopic (exact) mass is 387 g/mol. The number of pyridine rings is 2. The molecule has 0 spiro atoms. The van der Waals surface area contributed by atoms with E-state index in [1.54, 1.807) is 37.2 Å². The van der Waals surface area contributed by atoms with E-state index in [4.69, 9.17) is 0 Å². The third-order valence-electron chi connectivity index (χ3n) is 4.64. The van der Waals surface area contributed by atoms with Gasteiger partial charge in [0.2, 0.25) is 5.91 Å². The highest BCUT2D eigenvalue weighted by atomic mass is 16.2. The second kappa shape index (κ2) is 8.05. The maximum atomic E-state index is 12.5. The van der Waals surface area contributed by atoms with Crippen molar-refractivity contribution in [1.29, 1.82) is 0 Å². The van der Waals surface area contributed by atoms with Gasteiger partial charge in [0, 0.05) is 47.3 Å². The van der Waals surface area contributed by atoms with Gasteiger partial charge in [-0.1, -0.05) is 0 Å². The lowest BCUT2D eigenvalue weighted by molar-refractivity contribution is -0.116. The van der Waals surface area contributed by atoms with Gasteiger partial charge in [-0.25, -0.2) is 9.97 Å². The zero-order valence-corrected chi connectivity index (χ0v) is 16.3. The summed E-state index contributed by atoms with van der Waals surface area (Å²) in [6, 6.07) is 7.57. The van der Waals surface area contributed by atoms with Crippen molar-refractivity contribution in [3.63, 3.8) is 0 Å². The number of hydrogen-bond donors (Lipinski definition) is 2. The van der Waals surface area contributed by atoms with Gasteiger partial charge in [0.1, 0.15) is 12.4 Å². The van der Waals surface area contributed by atoms with Gasteiger partial charge in [-0.3, -0.25) is 14.8 Å². The minimum absolute atomic E-state index is 0.160. The Labute approximate surface area is 168 Å². The summed E-state index contributed by atoms with van der Waals surface area (Å²) in [5.41, 5.74) is 5.51. The third-order valence-corrected chi connectivity index (χ3v) is 4.64. The zero-order chi connectivity index (χ0) is 20.2. The van der Waals surface area contributed by atoms with Crippen LogP contribution in [0.3, 0.4) is 0 Å². The molecule has 8 heteroatoms. The van der Waals surface area contributed by atoms with Crippen molar-refractivity contribution in [1.82, 2.24) is 24.8 Å². The first-order chi connectivity index (χ1) is 14.1. The Hall–Kier alpha value is -3.81. The maximum absolute atomic E-state index is 12.5. The van der Waals surface area contributed by atoms with Crippen molar-refractivity contribution in [2.24, 2.45) is 4.99 Å². The number of anilines is 1. The molecule has 0 atom stereocenters. The van der Waals surface area contributed by atoms with Crippen molar-refractivity contribution < 1.29 is 4.79 Å². The van der Waals surface area contributed by atoms with Crippen LogP contribution in [0.15, 0.2) is 60.4 Å². The average Bonchev–Trinajstić information content (AvgIpc) is 3.09. The quantitative estimate of drug-likeness (QED) is 0.701. The SMILES string of the molecule is Cc1cc(-c2ncn(CC(=O)Nc3ccc(C4=NC=CNC4)cn3)c2C)ccn1. The van der Waals surface area contributed by atoms with E-state index in [0.717, 1.165) is 33.9 Å². The lowest BCUT2D eigenvalue weighted by Crippen LogP contribution is -2.22. The fourth-order valence-corrected chi connectivity index (χ4v) is 3.11. The molecule has 0 unspecified atom stereocenters. The molecule has 4 heterocycles. The average molecular weight is 387 g/mol. The first-order valence-electron chi connectivity index (χ1n) is 9.26. The topological polar surface area (TPSA) is 97.1 Å². The van der Waals surface area contributed by atoms with E-state index in [0.29, 0.717) is 12.4 Å². The summed E-state index contributed by atoms with van der Waals surface area (Å²) in [6.07, 6.45) is 8.66. The molecular weight excluding hydrogens is 366 g/mol. The number of carbonyl (C=O) groups excluding carboxylic acids is 1.